The van der Waals surface area contributed by atoms with Gasteiger partial charge in [-0.15, -0.1) is 11.3 Å². The lowest BCUT2D eigenvalue weighted by Crippen LogP contribution is -2.39. The van der Waals surface area contributed by atoms with Gasteiger partial charge in [-0.25, -0.2) is 9.78 Å². The first-order chi connectivity index (χ1) is 15.6. The van der Waals surface area contributed by atoms with Crippen LogP contribution in [0.3, 0.4) is 0 Å². The highest BCUT2D eigenvalue weighted by Crippen LogP contribution is 2.37. The van der Waals surface area contributed by atoms with Crippen LogP contribution in [0.25, 0.3) is 5.57 Å². The molecule has 2 heterocycles. The molecule has 186 valence electrons. The summed E-state index contributed by atoms with van der Waals surface area (Å²) in [5, 5.41) is 4.96. The number of thiazole rings is 1. The van der Waals surface area contributed by atoms with Gasteiger partial charge >= 0.3 is 18.4 Å². The van der Waals surface area contributed by atoms with Gasteiger partial charge in [0.25, 0.3) is 0 Å². The van der Waals surface area contributed by atoms with E-state index in [9.17, 15) is 31.1 Å². The van der Waals surface area contributed by atoms with Crippen LogP contribution in [0.4, 0.5) is 36.8 Å². The van der Waals surface area contributed by atoms with E-state index in [-0.39, 0.29) is 18.3 Å². The average Bonchev–Trinajstić information content (AvgIpc) is 3.19. The molecule has 1 aliphatic rings. The Balaban J connectivity index is 1.67. The molecule has 0 bridgehead atoms. The molecule has 1 N–H and O–H groups in total. The molecule has 0 saturated heterocycles. The lowest BCUT2D eigenvalue weighted by atomic mass is 10.1. The van der Waals surface area contributed by atoms with Gasteiger partial charge in [0, 0.05) is 24.2 Å². The van der Waals surface area contributed by atoms with E-state index in [2.05, 4.69) is 10.3 Å². The Morgan fingerprint density at radius 1 is 1.09 bits per heavy atom. The van der Waals surface area contributed by atoms with Gasteiger partial charge < -0.3 is 15.0 Å². The number of amides is 1. The fourth-order valence-electron chi connectivity index (χ4n) is 3.14. The second-order valence-electron chi connectivity index (χ2n) is 8.70. The number of hydrogen-bond donors (Lipinski definition) is 1. The Morgan fingerprint density at radius 3 is 2.21 bits per heavy atom. The Bertz CT molecular complexity index is 1040. The summed E-state index contributed by atoms with van der Waals surface area (Å²) in [5.41, 5.74) is -2.28. The number of rotatable bonds is 4. The maximum Gasteiger partial charge on any atom is 0.416 e. The molecule has 0 unspecified atom stereocenters. The van der Waals surface area contributed by atoms with Crippen LogP contribution in [0.5, 0.6) is 0 Å². The number of alkyl halides is 6. The van der Waals surface area contributed by atoms with Gasteiger partial charge in [-0.05, 0) is 51.0 Å². The van der Waals surface area contributed by atoms with Crippen LogP contribution in [0.15, 0.2) is 29.7 Å². The molecule has 0 aliphatic carbocycles. The van der Waals surface area contributed by atoms with Crippen molar-refractivity contribution in [3.8, 4) is 0 Å². The standard InChI is InChI=1S/C22H23F6N3O2S/c1-20(2,3)33-19(32)31-6-4-13(5-7-31)18-30-17(12-34-18)11-29-16-9-14(21(23,24)25)8-15(10-16)22(26,27)28/h4,8-10,12,29H,5-7,11H2,1-3H3. The molecule has 0 fully saturated rings. The van der Waals surface area contributed by atoms with E-state index in [0.717, 1.165) is 5.57 Å². The first-order valence-corrected chi connectivity index (χ1v) is 11.1. The zero-order chi connectivity index (χ0) is 25.3. The number of benzene rings is 1. The molecule has 0 radical (unpaired) electrons. The maximum absolute atomic E-state index is 13.0. The van der Waals surface area contributed by atoms with Crippen LogP contribution < -0.4 is 5.32 Å². The zero-order valence-electron chi connectivity index (χ0n) is 18.6. The van der Waals surface area contributed by atoms with Crippen molar-refractivity contribution in [1.29, 1.82) is 0 Å². The van der Waals surface area contributed by atoms with Crippen molar-refractivity contribution in [2.45, 2.75) is 51.7 Å². The zero-order valence-corrected chi connectivity index (χ0v) is 19.4. The first-order valence-electron chi connectivity index (χ1n) is 10.3. The predicted molar refractivity (Wildman–Crippen MR) is 116 cm³/mol. The summed E-state index contributed by atoms with van der Waals surface area (Å²) in [5.74, 6) is 0. The lowest BCUT2D eigenvalue weighted by molar-refractivity contribution is -0.143. The van der Waals surface area contributed by atoms with Crippen molar-refractivity contribution in [3.05, 3.63) is 51.5 Å². The Morgan fingerprint density at radius 2 is 1.71 bits per heavy atom. The fourth-order valence-corrected chi connectivity index (χ4v) is 4.03. The van der Waals surface area contributed by atoms with E-state index < -0.39 is 35.2 Å². The number of halogens is 6. The summed E-state index contributed by atoms with van der Waals surface area (Å²) in [6, 6.07) is 1.36. The van der Waals surface area contributed by atoms with Gasteiger partial charge in [0.05, 0.1) is 23.4 Å². The van der Waals surface area contributed by atoms with E-state index >= 15 is 0 Å². The van der Waals surface area contributed by atoms with Crippen molar-refractivity contribution in [2.75, 3.05) is 18.4 Å². The third-order valence-corrected chi connectivity index (χ3v) is 5.72. The summed E-state index contributed by atoms with van der Waals surface area (Å²) in [6.45, 7) is 6.09. The third kappa shape index (κ3) is 6.87. The topological polar surface area (TPSA) is 54.5 Å². The third-order valence-electron chi connectivity index (χ3n) is 4.75. The van der Waals surface area contributed by atoms with Gasteiger partial charge in [-0.1, -0.05) is 6.08 Å². The number of hydrogen-bond acceptors (Lipinski definition) is 5. The van der Waals surface area contributed by atoms with Gasteiger partial charge in [-0.3, -0.25) is 0 Å². The molecule has 0 spiro atoms. The van der Waals surface area contributed by atoms with E-state index in [1.165, 1.54) is 11.3 Å². The molecule has 1 amide bonds. The van der Waals surface area contributed by atoms with E-state index in [1.807, 2.05) is 6.08 Å². The number of nitrogens with one attached hydrogen (secondary N) is 1. The molecular formula is C22H23F6N3O2S. The molecule has 12 heteroatoms. The van der Waals surface area contributed by atoms with E-state index in [0.29, 0.717) is 42.3 Å². The number of aromatic nitrogens is 1. The molecule has 34 heavy (non-hydrogen) atoms. The highest BCUT2D eigenvalue weighted by Gasteiger charge is 2.37. The van der Waals surface area contributed by atoms with Crippen molar-refractivity contribution in [1.82, 2.24) is 9.88 Å². The minimum Gasteiger partial charge on any atom is -0.444 e. The van der Waals surface area contributed by atoms with Gasteiger partial charge in [-0.2, -0.15) is 26.3 Å². The van der Waals surface area contributed by atoms with Crippen molar-refractivity contribution in [3.63, 3.8) is 0 Å². The molecule has 3 rings (SSSR count). The largest absolute Gasteiger partial charge is 0.444 e. The SMILES string of the molecule is CC(C)(C)OC(=O)N1CC=C(c2nc(CNc3cc(C(F)(F)F)cc(C(F)(F)F)c3)cs2)CC1. The smallest absolute Gasteiger partial charge is 0.416 e. The number of anilines is 1. The molecule has 5 nitrogen and oxygen atoms in total. The number of ether oxygens (including phenoxy) is 1. The van der Waals surface area contributed by atoms with Crippen LogP contribution in [0.2, 0.25) is 0 Å². The fraction of sp³-hybridized carbons (Fsp3) is 0.455. The maximum atomic E-state index is 13.0. The molecule has 1 aromatic heterocycles. The quantitative estimate of drug-likeness (QED) is 0.462. The summed E-state index contributed by atoms with van der Waals surface area (Å²) < 4.78 is 83.5. The number of nitrogens with zero attached hydrogens (tertiary/aromatic N) is 2. The van der Waals surface area contributed by atoms with Gasteiger partial charge in [0.2, 0.25) is 0 Å². The first kappa shape index (κ1) is 25.9. The van der Waals surface area contributed by atoms with Crippen LogP contribution >= 0.6 is 11.3 Å². The normalized spacial score (nSPS) is 15.2. The van der Waals surface area contributed by atoms with Gasteiger partial charge in [0.15, 0.2) is 0 Å². The minimum atomic E-state index is -4.91. The summed E-state index contributed by atoms with van der Waals surface area (Å²) in [7, 11) is 0. The highest BCUT2D eigenvalue weighted by atomic mass is 32.1. The van der Waals surface area contributed by atoms with Crippen molar-refractivity contribution < 1.29 is 35.9 Å². The van der Waals surface area contributed by atoms with E-state index in [4.69, 9.17) is 4.74 Å². The molecule has 0 atom stereocenters. The van der Waals surface area contributed by atoms with Gasteiger partial charge in [0.1, 0.15) is 10.6 Å². The van der Waals surface area contributed by atoms with Crippen LogP contribution in [0.1, 0.15) is 49.0 Å². The van der Waals surface area contributed by atoms with Crippen LogP contribution in [-0.2, 0) is 23.6 Å². The predicted octanol–water partition coefficient (Wildman–Crippen LogP) is 6.82. The van der Waals surface area contributed by atoms with Crippen molar-refractivity contribution >= 4 is 28.7 Å². The molecule has 1 aromatic carbocycles. The average molecular weight is 508 g/mol. The Labute approximate surface area is 196 Å². The monoisotopic (exact) mass is 507 g/mol. The molecular weight excluding hydrogens is 484 g/mol. The van der Waals surface area contributed by atoms with E-state index in [1.54, 1.807) is 31.1 Å². The van der Waals surface area contributed by atoms with Crippen LogP contribution in [-0.4, -0.2) is 34.7 Å². The summed E-state index contributed by atoms with van der Waals surface area (Å²) >= 11 is 1.31. The molecule has 0 saturated carbocycles. The summed E-state index contributed by atoms with van der Waals surface area (Å²) in [6.07, 6.45) is -7.84. The minimum absolute atomic E-state index is 0.0492. The number of carbonyl (C=O) groups is 1. The van der Waals surface area contributed by atoms with Crippen LogP contribution in [0, 0.1) is 0 Å². The lowest BCUT2D eigenvalue weighted by Gasteiger charge is -2.29. The summed E-state index contributed by atoms with van der Waals surface area (Å²) in [4.78, 5) is 18.2. The number of carbonyl (C=O) groups excluding carboxylic acids is 1. The van der Waals surface area contributed by atoms with Crippen molar-refractivity contribution in [2.24, 2.45) is 0 Å². The molecule has 2 aromatic rings. The second-order valence-corrected chi connectivity index (χ2v) is 9.56. The molecule has 1 aliphatic heterocycles. The highest BCUT2D eigenvalue weighted by molar-refractivity contribution is 7.10. The second kappa shape index (κ2) is 9.47. The Kier molecular flexibility index (Phi) is 7.20. The Hall–Kier alpha value is -2.76.